The lowest BCUT2D eigenvalue weighted by Crippen LogP contribution is -2.34. The molecule has 4 aromatic rings. The number of rotatable bonds is 6. The second-order valence-electron chi connectivity index (χ2n) is 7.01. The maximum absolute atomic E-state index is 13.8. The first-order valence-electron chi connectivity index (χ1n) is 9.57. The third-order valence-corrected chi connectivity index (χ3v) is 5.73. The molecule has 0 bridgehead atoms. The summed E-state index contributed by atoms with van der Waals surface area (Å²) in [5.41, 5.74) is 1.20. The number of carbonyl (C=O) groups is 1. The van der Waals surface area contributed by atoms with Crippen LogP contribution in [0.4, 0.5) is 8.78 Å². The van der Waals surface area contributed by atoms with Crippen molar-refractivity contribution < 1.29 is 13.6 Å². The van der Waals surface area contributed by atoms with E-state index < -0.39 is 29.1 Å². The van der Waals surface area contributed by atoms with E-state index in [0.717, 1.165) is 4.88 Å². The SMILES string of the molecule is O=C(NC(Cc1cccc(F)c1)c1cccc(F)c1)c1ccc(-c2cccs2)[nH]c1=O. The molecule has 4 rings (SSSR count). The monoisotopic (exact) mass is 436 g/mol. The summed E-state index contributed by atoms with van der Waals surface area (Å²) >= 11 is 1.47. The molecule has 156 valence electrons. The van der Waals surface area contributed by atoms with E-state index in [-0.39, 0.29) is 12.0 Å². The van der Waals surface area contributed by atoms with E-state index in [1.807, 2.05) is 17.5 Å². The number of hydrogen-bond acceptors (Lipinski definition) is 3. The Morgan fingerprint density at radius 1 is 0.968 bits per heavy atom. The highest BCUT2D eigenvalue weighted by atomic mass is 32.1. The number of amides is 1. The van der Waals surface area contributed by atoms with Gasteiger partial charge in [0.15, 0.2) is 0 Å². The molecule has 0 fully saturated rings. The van der Waals surface area contributed by atoms with Crippen molar-refractivity contribution in [2.45, 2.75) is 12.5 Å². The summed E-state index contributed by atoms with van der Waals surface area (Å²) in [6, 6.07) is 18.1. The van der Waals surface area contributed by atoms with Gasteiger partial charge in [-0.1, -0.05) is 30.3 Å². The molecule has 0 saturated carbocycles. The quantitative estimate of drug-likeness (QED) is 0.442. The molecule has 1 unspecified atom stereocenters. The van der Waals surface area contributed by atoms with Crippen LogP contribution in [-0.2, 0) is 6.42 Å². The summed E-state index contributed by atoms with van der Waals surface area (Å²) < 4.78 is 27.4. The van der Waals surface area contributed by atoms with Crippen LogP contribution in [0.25, 0.3) is 10.6 Å². The molecule has 2 heterocycles. The maximum atomic E-state index is 13.8. The van der Waals surface area contributed by atoms with Crippen molar-refractivity contribution in [3.8, 4) is 10.6 Å². The van der Waals surface area contributed by atoms with Crippen molar-refractivity contribution in [1.82, 2.24) is 10.3 Å². The molecule has 2 aromatic heterocycles. The van der Waals surface area contributed by atoms with Crippen molar-refractivity contribution in [2.24, 2.45) is 0 Å². The topological polar surface area (TPSA) is 62.0 Å². The molecule has 0 aliphatic carbocycles. The van der Waals surface area contributed by atoms with Crippen LogP contribution < -0.4 is 10.9 Å². The smallest absolute Gasteiger partial charge is 0.261 e. The second kappa shape index (κ2) is 9.06. The molecular formula is C24H18F2N2O2S. The Morgan fingerprint density at radius 3 is 2.42 bits per heavy atom. The molecule has 0 saturated heterocycles. The molecule has 0 aliphatic heterocycles. The molecule has 2 N–H and O–H groups in total. The van der Waals surface area contributed by atoms with Gasteiger partial charge in [0.1, 0.15) is 17.2 Å². The molecule has 7 heteroatoms. The lowest BCUT2D eigenvalue weighted by Gasteiger charge is -2.20. The zero-order valence-electron chi connectivity index (χ0n) is 16.3. The normalized spacial score (nSPS) is 11.8. The average molecular weight is 436 g/mol. The predicted molar refractivity (Wildman–Crippen MR) is 117 cm³/mol. The number of carbonyl (C=O) groups excluding carboxylic acids is 1. The van der Waals surface area contributed by atoms with Gasteiger partial charge in [0.25, 0.3) is 11.5 Å². The fraction of sp³-hybridized carbons (Fsp3) is 0.0833. The zero-order valence-corrected chi connectivity index (χ0v) is 17.1. The van der Waals surface area contributed by atoms with Gasteiger partial charge in [0.05, 0.1) is 16.6 Å². The number of hydrogen-bond donors (Lipinski definition) is 2. The average Bonchev–Trinajstić information content (AvgIpc) is 3.28. The molecule has 0 radical (unpaired) electrons. The molecule has 2 aromatic carbocycles. The molecule has 1 amide bonds. The van der Waals surface area contributed by atoms with E-state index in [2.05, 4.69) is 10.3 Å². The van der Waals surface area contributed by atoms with Crippen LogP contribution in [-0.4, -0.2) is 10.9 Å². The Labute approximate surface area is 181 Å². The summed E-state index contributed by atoms with van der Waals surface area (Å²) in [6.07, 6.45) is 0.234. The third kappa shape index (κ3) is 4.95. The van der Waals surface area contributed by atoms with Gasteiger partial charge in [-0.25, -0.2) is 8.78 Å². The van der Waals surface area contributed by atoms with Gasteiger partial charge in [-0.15, -0.1) is 11.3 Å². The van der Waals surface area contributed by atoms with Gasteiger partial charge >= 0.3 is 0 Å². The van der Waals surface area contributed by atoms with Crippen molar-refractivity contribution in [1.29, 1.82) is 0 Å². The van der Waals surface area contributed by atoms with Crippen LogP contribution >= 0.6 is 11.3 Å². The highest BCUT2D eigenvalue weighted by Gasteiger charge is 2.19. The standard InChI is InChI=1S/C24H18F2N2O2S/c25-17-6-1-4-15(12-17)13-21(16-5-2-7-18(26)14-16)28-24(30)19-9-10-20(27-23(19)29)22-8-3-11-31-22/h1-12,14,21H,13H2,(H,27,29)(H,28,30). The van der Waals surface area contributed by atoms with Crippen molar-refractivity contribution >= 4 is 17.2 Å². The van der Waals surface area contributed by atoms with Crippen molar-refractivity contribution in [2.75, 3.05) is 0 Å². The van der Waals surface area contributed by atoms with Crippen LogP contribution in [0.2, 0.25) is 0 Å². The number of thiophene rings is 1. The lowest BCUT2D eigenvalue weighted by molar-refractivity contribution is 0.0935. The van der Waals surface area contributed by atoms with E-state index in [1.54, 1.807) is 24.3 Å². The molecule has 31 heavy (non-hydrogen) atoms. The first kappa shape index (κ1) is 20.7. The summed E-state index contributed by atoms with van der Waals surface area (Å²) in [7, 11) is 0. The van der Waals surface area contributed by atoms with Gasteiger partial charge in [0, 0.05) is 0 Å². The van der Waals surface area contributed by atoms with E-state index in [9.17, 15) is 18.4 Å². The fourth-order valence-electron chi connectivity index (χ4n) is 3.34. The Hall–Kier alpha value is -3.58. The molecule has 1 atom stereocenters. The van der Waals surface area contributed by atoms with E-state index >= 15 is 0 Å². The summed E-state index contributed by atoms with van der Waals surface area (Å²) in [5, 5.41) is 4.69. The van der Waals surface area contributed by atoms with E-state index in [4.69, 9.17) is 0 Å². The summed E-state index contributed by atoms with van der Waals surface area (Å²) in [5.74, 6) is -1.44. The van der Waals surface area contributed by atoms with Crippen LogP contribution in [0, 0.1) is 11.6 Å². The Bertz CT molecular complexity index is 1270. The molecule has 0 aliphatic rings. The minimum absolute atomic E-state index is 0.0547. The lowest BCUT2D eigenvalue weighted by atomic mass is 9.98. The number of aromatic nitrogens is 1. The van der Waals surface area contributed by atoms with Crippen molar-refractivity contribution in [3.05, 3.63) is 117 Å². The number of benzene rings is 2. The third-order valence-electron chi connectivity index (χ3n) is 4.83. The molecule has 4 nitrogen and oxygen atoms in total. The van der Waals surface area contributed by atoms with Gasteiger partial charge in [-0.3, -0.25) is 9.59 Å². The Kier molecular flexibility index (Phi) is 6.04. The minimum Gasteiger partial charge on any atom is -0.345 e. The van der Waals surface area contributed by atoms with Crippen LogP contribution in [0.3, 0.4) is 0 Å². The minimum atomic E-state index is -0.652. The zero-order chi connectivity index (χ0) is 21.8. The second-order valence-corrected chi connectivity index (χ2v) is 7.95. The number of H-pyrrole nitrogens is 1. The molecular weight excluding hydrogens is 418 g/mol. The van der Waals surface area contributed by atoms with Gasteiger partial charge in [-0.05, 0) is 65.4 Å². The van der Waals surface area contributed by atoms with Gasteiger partial charge in [0.2, 0.25) is 0 Å². The van der Waals surface area contributed by atoms with E-state index in [1.165, 1.54) is 47.7 Å². The largest absolute Gasteiger partial charge is 0.345 e. The van der Waals surface area contributed by atoms with Crippen LogP contribution in [0.15, 0.2) is 83.0 Å². The highest BCUT2D eigenvalue weighted by Crippen LogP contribution is 2.23. The first-order valence-corrected chi connectivity index (χ1v) is 10.5. The Morgan fingerprint density at radius 2 is 1.74 bits per heavy atom. The Balaban J connectivity index is 1.61. The number of halogens is 2. The molecule has 0 spiro atoms. The van der Waals surface area contributed by atoms with E-state index in [0.29, 0.717) is 16.8 Å². The summed E-state index contributed by atoms with van der Waals surface area (Å²) in [4.78, 5) is 29.0. The number of aromatic amines is 1. The summed E-state index contributed by atoms with van der Waals surface area (Å²) in [6.45, 7) is 0. The number of pyridine rings is 1. The highest BCUT2D eigenvalue weighted by molar-refractivity contribution is 7.13. The number of nitrogens with one attached hydrogen (secondary N) is 2. The predicted octanol–water partition coefficient (Wildman–Crippen LogP) is 5.10. The van der Waals surface area contributed by atoms with Gasteiger partial charge < -0.3 is 10.3 Å². The fourth-order valence-corrected chi connectivity index (χ4v) is 4.05. The van der Waals surface area contributed by atoms with Crippen LogP contribution in [0.1, 0.15) is 27.5 Å². The van der Waals surface area contributed by atoms with Crippen molar-refractivity contribution in [3.63, 3.8) is 0 Å². The first-order chi connectivity index (χ1) is 15.0. The maximum Gasteiger partial charge on any atom is 0.261 e. The van der Waals surface area contributed by atoms with Crippen LogP contribution in [0.5, 0.6) is 0 Å². The van der Waals surface area contributed by atoms with Gasteiger partial charge in [-0.2, -0.15) is 0 Å².